The van der Waals surface area contributed by atoms with E-state index in [0.29, 0.717) is 0 Å². The number of ether oxygens (including phenoxy) is 1. The van der Waals surface area contributed by atoms with Crippen LogP contribution in [0.1, 0.15) is 19.4 Å². The maximum Gasteiger partial charge on any atom is 0.695 e. The summed E-state index contributed by atoms with van der Waals surface area (Å²) >= 11 is 0. The van der Waals surface area contributed by atoms with E-state index in [1.54, 1.807) is 13.8 Å². The Morgan fingerprint density at radius 1 is 1.37 bits per heavy atom. The molecule has 1 rings (SSSR count). The fourth-order valence-corrected chi connectivity index (χ4v) is 1.79. The zero-order chi connectivity index (χ0) is 14.3. The highest BCUT2D eigenvalue weighted by molar-refractivity contribution is 7.32. The maximum absolute atomic E-state index is 11.4. The van der Waals surface area contributed by atoms with E-state index in [2.05, 4.69) is 5.32 Å². The van der Waals surface area contributed by atoms with Crippen molar-refractivity contribution in [3.63, 3.8) is 0 Å². The van der Waals surface area contributed by atoms with Gasteiger partial charge in [-0.05, 0) is 19.4 Å². The first-order valence-electron chi connectivity index (χ1n) is 5.69. The Balaban J connectivity index is 2.30. The molecule has 0 aliphatic rings. The van der Waals surface area contributed by atoms with Gasteiger partial charge in [0.2, 0.25) is 0 Å². The van der Waals surface area contributed by atoms with Gasteiger partial charge in [-0.15, -0.1) is 9.42 Å². The highest BCUT2D eigenvalue weighted by Crippen LogP contribution is 2.24. The molecule has 1 amide bonds. The summed E-state index contributed by atoms with van der Waals surface area (Å²) in [5, 5.41) is 2.47. The third kappa shape index (κ3) is 6.86. The summed E-state index contributed by atoms with van der Waals surface area (Å²) in [7, 11) is -2.71. The van der Waals surface area contributed by atoms with E-state index < -0.39 is 19.9 Å². The lowest BCUT2D eigenvalue weighted by atomic mass is 10.1. The lowest BCUT2D eigenvalue weighted by Gasteiger charge is -2.17. The molecule has 19 heavy (non-hydrogen) atoms. The molecule has 0 aliphatic carbocycles. The largest absolute Gasteiger partial charge is 0.695 e. The Morgan fingerprint density at radius 2 is 2.00 bits per heavy atom. The monoisotopic (exact) mass is 286 g/mol. The fraction of sp³-hybridized carbons (Fsp3) is 0.417. The molecule has 6 nitrogen and oxygen atoms in total. The van der Waals surface area contributed by atoms with Crippen molar-refractivity contribution in [1.29, 1.82) is 0 Å². The average molecular weight is 286 g/mol. The number of nitrogens with one attached hydrogen (secondary N) is 1. The zero-order valence-electron chi connectivity index (χ0n) is 10.8. The summed E-state index contributed by atoms with van der Waals surface area (Å²) in [5.41, 5.74) is -0.0554. The highest BCUT2D eigenvalue weighted by Gasteiger charge is 2.31. The van der Waals surface area contributed by atoms with Gasteiger partial charge < -0.3 is 10.1 Å². The van der Waals surface area contributed by atoms with Crippen molar-refractivity contribution in [1.82, 2.24) is 5.32 Å². The van der Waals surface area contributed by atoms with Crippen LogP contribution in [0.15, 0.2) is 30.3 Å². The molecule has 0 fully saturated rings. The van der Waals surface area contributed by atoms with Crippen LogP contribution in [0.25, 0.3) is 0 Å². The van der Waals surface area contributed by atoms with Crippen molar-refractivity contribution < 1.29 is 23.5 Å². The molecule has 0 spiro atoms. The summed E-state index contributed by atoms with van der Waals surface area (Å²) < 4.78 is 20.3. The number of carbonyl (C=O) groups excluding carboxylic acids is 1. The van der Waals surface area contributed by atoms with Gasteiger partial charge in [0.15, 0.2) is 0 Å². The van der Waals surface area contributed by atoms with Gasteiger partial charge in [0.1, 0.15) is 12.2 Å². The Hall–Kier alpha value is -1.49. The average Bonchev–Trinajstić information content (AvgIpc) is 2.34. The van der Waals surface area contributed by atoms with E-state index >= 15 is 0 Å². The molecule has 1 aromatic carbocycles. The lowest BCUT2D eigenvalue weighted by Crippen LogP contribution is -2.39. The number of hydrogen-bond acceptors (Lipinski definition) is 4. The minimum atomic E-state index is -2.71. The van der Waals surface area contributed by atoms with Gasteiger partial charge in [0.25, 0.3) is 0 Å². The normalized spacial score (nSPS) is 11.8. The van der Waals surface area contributed by atoms with Crippen LogP contribution in [-0.2, 0) is 20.4 Å². The standard InChI is InChI=1S/C12H16NO5P/c1-12(2,18-19(15)16)9-13-11(14)17-8-10-6-4-3-5-7-10/h3-7H,8-9H2,1-2H3,(H-,13,14,15,16)/p+1. The summed E-state index contributed by atoms with van der Waals surface area (Å²) in [4.78, 5) is 20.1. The minimum absolute atomic E-state index is 0.0717. The molecule has 0 saturated carbocycles. The summed E-state index contributed by atoms with van der Waals surface area (Å²) in [6, 6.07) is 9.27. The first-order valence-corrected chi connectivity index (χ1v) is 6.82. The van der Waals surface area contributed by atoms with Gasteiger partial charge in [-0.3, -0.25) is 0 Å². The molecular weight excluding hydrogens is 269 g/mol. The first-order chi connectivity index (χ1) is 8.89. The van der Waals surface area contributed by atoms with Crippen molar-refractivity contribution in [2.24, 2.45) is 0 Å². The molecule has 2 N–H and O–H groups in total. The number of alkyl carbamates (subject to hydrolysis) is 1. The van der Waals surface area contributed by atoms with Crippen LogP contribution < -0.4 is 5.32 Å². The topological polar surface area (TPSA) is 84.9 Å². The van der Waals surface area contributed by atoms with E-state index in [1.165, 1.54) is 0 Å². The Morgan fingerprint density at radius 3 is 2.58 bits per heavy atom. The van der Waals surface area contributed by atoms with Gasteiger partial charge in [-0.2, -0.15) is 0 Å². The van der Waals surface area contributed by atoms with Crippen LogP contribution in [-0.4, -0.2) is 23.1 Å². The van der Waals surface area contributed by atoms with Crippen molar-refractivity contribution in [3.8, 4) is 0 Å². The molecule has 104 valence electrons. The molecule has 7 heteroatoms. The highest BCUT2D eigenvalue weighted by atomic mass is 31.1. The molecule has 1 atom stereocenters. The van der Waals surface area contributed by atoms with Crippen molar-refractivity contribution in [3.05, 3.63) is 35.9 Å². The van der Waals surface area contributed by atoms with Crippen LogP contribution in [0.5, 0.6) is 0 Å². The quantitative estimate of drug-likeness (QED) is 0.784. The second-order valence-electron chi connectivity index (χ2n) is 4.50. The van der Waals surface area contributed by atoms with Crippen molar-refractivity contribution in [2.75, 3.05) is 6.54 Å². The molecule has 0 aromatic heterocycles. The molecule has 1 aromatic rings. The van der Waals surface area contributed by atoms with Crippen molar-refractivity contribution in [2.45, 2.75) is 26.1 Å². The second kappa shape index (κ2) is 7.19. The number of benzene rings is 1. The van der Waals surface area contributed by atoms with E-state index in [4.69, 9.17) is 14.2 Å². The number of hydrogen-bond donors (Lipinski definition) is 2. The smallest absolute Gasteiger partial charge is 0.445 e. The van der Waals surface area contributed by atoms with E-state index in [1.807, 2.05) is 30.3 Å². The van der Waals surface area contributed by atoms with Crippen LogP contribution in [0, 0.1) is 0 Å². The molecule has 0 radical (unpaired) electrons. The molecule has 0 saturated heterocycles. The molecular formula is C12H17NO5P+. The van der Waals surface area contributed by atoms with Gasteiger partial charge >= 0.3 is 14.3 Å². The lowest BCUT2D eigenvalue weighted by molar-refractivity contribution is 0.0911. The SMILES string of the molecule is CC(C)(CNC(=O)OCc1ccccc1)O[P+](=O)O. The predicted octanol–water partition coefficient (Wildman–Crippen LogP) is 2.36. The van der Waals surface area contributed by atoms with Crippen LogP contribution >= 0.6 is 8.25 Å². The number of rotatable bonds is 6. The number of carbonyl (C=O) groups is 1. The summed E-state index contributed by atoms with van der Waals surface area (Å²) in [6.45, 7) is 3.42. The zero-order valence-corrected chi connectivity index (χ0v) is 11.7. The van der Waals surface area contributed by atoms with Crippen LogP contribution in [0.4, 0.5) is 4.79 Å². The van der Waals surface area contributed by atoms with Gasteiger partial charge in [-0.25, -0.2) is 4.79 Å². The minimum Gasteiger partial charge on any atom is -0.445 e. The molecule has 0 bridgehead atoms. The Bertz CT molecular complexity index is 435. The van der Waals surface area contributed by atoms with Gasteiger partial charge in [0, 0.05) is 4.57 Å². The van der Waals surface area contributed by atoms with E-state index in [-0.39, 0.29) is 13.2 Å². The predicted molar refractivity (Wildman–Crippen MR) is 69.6 cm³/mol. The van der Waals surface area contributed by atoms with E-state index in [0.717, 1.165) is 5.56 Å². The van der Waals surface area contributed by atoms with Gasteiger partial charge in [-0.1, -0.05) is 30.3 Å². The summed E-state index contributed by atoms with van der Waals surface area (Å²) in [6.07, 6.45) is -0.603. The first kappa shape index (κ1) is 15.6. The Kier molecular flexibility index (Phi) is 5.89. The molecule has 0 heterocycles. The second-order valence-corrected chi connectivity index (χ2v) is 5.16. The van der Waals surface area contributed by atoms with Crippen LogP contribution in [0.2, 0.25) is 0 Å². The van der Waals surface area contributed by atoms with E-state index in [9.17, 15) is 9.36 Å². The van der Waals surface area contributed by atoms with Crippen molar-refractivity contribution >= 4 is 14.3 Å². The van der Waals surface area contributed by atoms with Crippen LogP contribution in [0.3, 0.4) is 0 Å². The summed E-state index contributed by atoms with van der Waals surface area (Å²) in [5.74, 6) is 0. The number of amides is 1. The van der Waals surface area contributed by atoms with Gasteiger partial charge in [0.05, 0.1) is 6.54 Å². The third-order valence-corrected chi connectivity index (χ3v) is 2.85. The third-order valence-electron chi connectivity index (χ3n) is 2.20. The maximum atomic E-state index is 11.4. The molecule has 1 unspecified atom stereocenters. The Labute approximate surface area is 112 Å². The molecule has 0 aliphatic heterocycles. The fourth-order valence-electron chi connectivity index (χ4n) is 1.30.